The lowest BCUT2D eigenvalue weighted by molar-refractivity contribution is -0.145. The predicted molar refractivity (Wildman–Crippen MR) is 120 cm³/mol. The second kappa shape index (κ2) is 11.5. The number of halogens is 1. The number of benzene rings is 1. The Balaban J connectivity index is 1.74. The number of carbonyl (C=O) groups excluding carboxylic acids is 2. The van der Waals surface area contributed by atoms with E-state index < -0.39 is 0 Å². The Hall–Kier alpha value is -2.13. The summed E-state index contributed by atoms with van der Waals surface area (Å²) < 4.78 is 16.0. The third-order valence-corrected chi connectivity index (χ3v) is 6.40. The molecule has 0 unspecified atom stereocenters. The van der Waals surface area contributed by atoms with Gasteiger partial charge in [0.15, 0.2) is 0 Å². The molecule has 7 nitrogen and oxygen atoms in total. The van der Waals surface area contributed by atoms with Crippen LogP contribution in [-0.4, -0.2) is 75.3 Å². The van der Waals surface area contributed by atoms with Crippen LogP contribution in [-0.2, 0) is 25.5 Å². The monoisotopic (exact) mass is 466 g/mol. The van der Waals surface area contributed by atoms with Gasteiger partial charge in [-0.25, -0.2) is 0 Å². The fourth-order valence-corrected chi connectivity index (χ4v) is 4.60. The molecule has 3 rings (SSSR count). The fraction of sp³-hybridized carbons (Fsp3) is 0.455. The average Bonchev–Trinajstić information content (AvgIpc) is 3.25. The lowest BCUT2D eigenvalue weighted by Gasteiger charge is -2.37. The molecule has 0 fully saturated rings. The number of thiophene rings is 1. The topological polar surface area (TPSA) is 68.3 Å². The lowest BCUT2D eigenvalue weighted by Crippen LogP contribution is -2.49. The summed E-state index contributed by atoms with van der Waals surface area (Å²) in [5, 5.41) is 2.68. The van der Waals surface area contributed by atoms with Crippen LogP contribution in [0, 0.1) is 0 Å². The van der Waals surface area contributed by atoms with Crippen molar-refractivity contribution in [2.75, 3.05) is 53.7 Å². The van der Waals surface area contributed by atoms with Gasteiger partial charge < -0.3 is 24.0 Å². The molecule has 2 aromatic rings. The van der Waals surface area contributed by atoms with Crippen molar-refractivity contribution in [2.45, 2.75) is 12.5 Å². The third-order valence-electron chi connectivity index (χ3n) is 5.15. The number of hydrogen-bond donors (Lipinski definition) is 0. The van der Waals surface area contributed by atoms with E-state index in [9.17, 15) is 9.59 Å². The molecule has 2 heterocycles. The maximum atomic E-state index is 13.3. The zero-order chi connectivity index (χ0) is 22.2. The van der Waals surface area contributed by atoms with E-state index in [1.807, 2.05) is 28.5 Å². The van der Waals surface area contributed by atoms with E-state index in [2.05, 4.69) is 0 Å². The van der Waals surface area contributed by atoms with Crippen LogP contribution >= 0.6 is 22.9 Å². The maximum absolute atomic E-state index is 13.3. The summed E-state index contributed by atoms with van der Waals surface area (Å²) in [5.74, 6) is 0.327. The Kier molecular flexibility index (Phi) is 8.71. The molecule has 31 heavy (non-hydrogen) atoms. The molecule has 9 heteroatoms. The van der Waals surface area contributed by atoms with Gasteiger partial charge in [0, 0.05) is 37.2 Å². The molecule has 1 aliphatic heterocycles. The minimum atomic E-state index is -0.241. The van der Waals surface area contributed by atoms with Crippen LogP contribution in [0.5, 0.6) is 5.75 Å². The van der Waals surface area contributed by atoms with Crippen LogP contribution in [0.25, 0.3) is 0 Å². The van der Waals surface area contributed by atoms with E-state index in [1.54, 1.807) is 30.6 Å². The van der Waals surface area contributed by atoms with E-state index in [1.165, 1.54) is 16.9 Å². The second-order valence-electron chi connectivity index (χ2n) is 7.16. The summed E-state index contributed by atoms with van der Waals surface area (Å²) in [7, 11) is 3.02. The van der Waals surface area contributed by atoms with Gasteiger partial charge in [0.25, 0.3) is 0 Å². The van der Waals surface area contributed by atoms with Gasteiger partial charge in [-0.05, 0) is 47.7 Å². The molecular weight excluding hydrogens is 440 g/mol. The van der Waals surface area contributed by atoms with Crippen LogP contribution < -0.4 is 4.74 Å². The number of rotatable bonds is 10. The predicted octanol–water partition coefficient (Wildman–Crippen LogP) is 3.03. The summed E-state index contributed by atoms with van der Waals surface area (Å²) >= 11 is 7.65. The molecule has 1 aromatic heterocycles. The van der Waals surface area contributed by atoms with E-state index in [-0.39, 0.29) is 31.0 Å². The standard InChI is InChI=1S/C22H27ClN2O5S/c1-28-11-10-24(22(27)15-29-2)13-21(26)25-9-7-20-18(8-12-31-20)19(25)14-30-17-5-3-16(23)4-6-17/h3-6,8,12,19H,7,9-11,13-15H2,1-2H3/t19-/m0/s1. The van der Waals surface area contributed by atoms with Gasteiger partial charge in [-0.3, -0.25) is 9.59 Å². The van der Waals surface area contributed by atoms with Crippen molar-refractivity contribution in [1.29, 1.82) is 0 Å². The molecule has 0 N–H and O–H groups in total. The average molecular weight is 467 g/mol. The number of amides is 2. The molecule has 2 amide bonds. The highest BCUT2D eigenvalue weighted by Crippen LogP contribution is 2.34. The first kappa shape index (κ1) is 23.5. The molecule has 168 valence electrons. The molecule has 0 radical (unpaired) electrons. The van der Waals surface area contributed by atoms with Crippen molar-refractivity contribution < 1.29 is 23.8 Å². The fourth-order valence-electron chi connectivity index (χ4n) is 3.54. The van der Waals surface area contributed by atoms with Crippen molar-refractivity contribution in [2.24, 2.45) is 0 Å². The van der Waals surface area contributed by atoms with Gasteiger partial charge in [0.05, 0.1) is 19.2 Å². The van der Waals surface area contributed by atoms with Crippen LogP contribution in [0.4, 0.5) is 0 Å². The zero-order valence-corrected chi connectivity index (χ0v) is 19.3. The van der Waals surface area contributed by atoms with Gasteiger partial charge in [-0.1, -0.05) is 11.6 Å². The van der Waals surface area contributed by atoms with Crippen LogP contribution in [0.1, 0.15) is 16.5 Å². The quantitative estimate of drug-likeness (QED) is 0.538. The van der Waals surface area contributed by atoms with Crippen molar-refractivity contribution in [3.63, 3.8) is 0 Å². The highest BCUT2D eigenvalue weighted by Gasteiger charge is 2.33. The molecule has 0 bridgehead atoms. The molecule has 1 aromatic carbocycles. The van der Waals surface area contributed by atoms with Crippen LogP contribution in [0.2, 0.25) is 5.02 Å². The van der Waals surface area contributed by atoms with E-state index >= 15 is 0 Å². The largest absolute Gasteiger partial charge is 0.491 e. The number of ether oxygens (including phenoxy) is 3. The summed E-state index contributed by atoms with van der Waals surface area (Å²) in [6, 6.07) is 8.98. The first-order valence-electron chi connectivity index (χ1n) is 10.0. The Bertz CT molecular complexity index is 873. The highest BCUT2D eigenvalue weighted by molar-refractivity contribution is 7.10. The van der Waals surface area contributed by atoms with Gasteiger partial charge in [0.2, 0.25) is 11.8 Å². The van der Waals surface area contributed by atoms with Gasteiger partial charge in [-0.2, -0.15) is 0 Å². The summed E-state index contributed by atoms with van der Waals surface area (Å²) in [6.45, 7) is 1.48. The SMILES string of the molecule is COCCN(CC(=O)N1CCc2sccc2[C@@H]1COc1ccc(Cl)cc1)C(=O)COC. The number of methoxy groups -OCH3 is 2. The van der Waals surface area contributed by atoms with Crippen molar-refractivity contribution in [3.8, 4) is 5.75 Å². The number of fused-ring (bicyclic) bond motifs is 1. The van der Waals surface area contributed by atoms with E-state index in [0.717, 1.165) is 12.0 Å². The first-order chi connectivity index (χ1) is 15.0. The van der Waals surface area contributed by atoms with Crippen molar-refractivity contribution >= 4 is 34.8 Å². The van der Waals surface area contributed by atoms with Gasteiger partial charge >= 0.3 is 0 Å². The van der Waals surface area contributed by atoms with Gasteiger partial charge in [-0.15, -0.1) is 11.3 Å². The molecule has 1 atom stereocenters. The number of nitrogens with zero attached hydrogens (tertiary/aromatic N) is 2. The minimum absolute atomic E-state index is 0.0253. The van der Waals surface area contributed by atoms with Crippen molar-refractivity contribution in [1.82, 2.24) is 9.80 Å². The Morgan fingerprint density at radius 2 is 1.97 bits per heavy atom. The molecule has 0 saturated heterocycles. The summed E-state index contributed by atoms with van der Waals surface area (Å²) in [6.07, 6.45) is 0.792. The Morgan fingerprint density at radius 1 is 1.19 bits per heavy atom. The normalized spacial score (nSPS) is 15.5. The van der Waals surface area contributed by atoms with E-state index in [4.69, 9.17) is 25.8 Å². The van der Waals surface area contributed by atoms with Gasteiger partial charge in [0.1, 0.15) is 19.0 Å². The Morgan fingerprint density at radius 3 is 2.68 bits per heavy atom. The van der Waals surface area contributed by atoms with Crippen LogP contribution in [0.15, 0.2) is 35.7 Å². The second-order valence-corrected chi connectivity index (χ2v) is 8.60. The first-order valence-corrected chi connectivity index (χ1v) is 11.3. The molecular formula is C22H27ClN2O5S. The maximum Gasteiger partial charge on any atom is 0.249 e. The zero-order valence-electron chi connectivity index (χ0n) is 17.7. The summed E-state index contributed by atoms with van der Waals surface area (Å²) in [5.41, 5.74) is 1.10. The third kappa shape index (κ3) is 6.20. The minimum Gasteiger partial charge on any atom is -0.491 e. The molecule has 0 aliphatic carbocycles. The molecule has 1 aliphatic rings. The van der Waals surface area contributed by atoms with Crippen LogP contribution in [0.3, 0.4) is 0 Å². The Labute approximate surface area is 191 Å². The molecule has 0 saturated carbocycles. The van der Waals surface area contributed by atoms with Crippen molar-refractivity contribution in [3.05, 3.63) is 51.2 Å². The highest BCUT2D eigenvalue weighted by atomic mass is 35.5. The smallest absolute Gasteiger partial charge is 0.249 e. The van der Waals surface area contributed by atoms with E-state index in [0.29, 0.717) is 37.1 Å². The lowest BCUT2D eigenvalue weighted by atomic mass is 10.0. The summed E-state index contributed by atoms with van der Waals surface area (Å²) in [4.78, 5) is 30.2. The molecule has 0 spiro atoms. The number of hydrogen-bond acceptors (Lipinski definition) is 6. The number of carbonyl (C=O) groups is 2.